The van der Waals surface area contributed by atoms with Gasteiger partial charge in [0.05, 0.1) is 11.6 Å². The summed E-state index contributed by atoms with van der Waals surface area (Å²) in [6.45, 7) is 1.67. The third kappa shape index (κ3) is 5.11. The summed E-state index contributed by atoms with van der Waals surface area (Å²) in [5.41, 5.74) is 1.41. The van der Waals surface area contributed by atoms with Crippen molar-refractivity contribution in [3.63, 3.8) is 0 Å². The summed E-state index contributed by atoms with van der Waals surface area (Å²) in [6, 6.07) is 10.7. The normalized spacial score (nSPS) is 11.3. The van der Waals surface area contributed by atoms with Gasteiger partial charge in [0.2, 0.25) is 5.91 Å². The van der Waals surface area contributed by atoms with E-state index in [1.54, 1.807) is 12.1 Å². The SMILES string of the molecule is Cc1cccc(C[C@H](NC(=O)c2ccc(F)cc2F)C(=O)NCC#N)c1. The van der Waals surface area contributed by atoms with E-state index in [2.05, 4.69) is 10.6 Å². The molecule has 2 aromatic rings. The van der Waals surface area contributed by atoms with Gasteiger partial charge >= 0.3 is 0 Å². The van der Waals surface area contributed by atoms with Crippen LogP contribution >= 0.6 is 0 Å². The third-order valence-electron chi connectivity index (χ3n) is 3.66. The van der Waals surface area contributed by atoms with Crippen LogP contribution in [0.25, 0.3) is 0 Å². The molecule has 1 atom stereocenters. The number of nitrogens with one attached hydrogen (secondary N) is 2. The lowest BCUT2D eigenvalue weighted by Gasteiger charge is -2.18. The second kappa shape index (κ2) is 8.72. The minimum absolute atomic E-state index is 0.160. The Labute approximate surface area is 149 Å². The molecule has 0 aromatic heterocycles. The third-order valence-corrected chi connectivity index (χ3v) is 3.66. The van der Waals surface area contributed by atoms with Crippen LogP contribution in [0.15, 0.2) is 42.5 Å². The first-order valence-corrected chi connectivity index (χ1v) is 7.87. The van der Waals surface area contributed by atoms with Crippen molar-refractivity contribution in [2.45, 2.75) is 19.4 Å². The molecule has 2 aromatic carbocycles. The van der Waals surface area contributed by atoms with E-state index in [0.717, 1.165) is 23.3 Å². The van der Waals surface area contributed by atoms with Crippen molar-refractivity contribution in [2.75, 3.05) is 6.54 Å². The molecule has 26 heavy (non-hydrogen) atoms. The Morgan fingerprint density at radius 2 is 1.96 bits per heavy atom. The predicted octanol–water partition coefficient (Wildman–Crippen LogP) is 2.25. The molecule has 0 radical (unpaired) electrons. The van der Waals surface area contributed by atoms with Crippen LogP contribution in [-0.2, 0) is 11.2 Å². The number of halogens is 2. The Hall–Kier alpha value is -3.27. The summed E-state index contributed by atoms with van der Waals surface area (Å²) in [4.78, 5) is 24.6. The number of amides is 2. The fraction of sp³-hybridized carbons (Fsp3) is 0.211. The maximum atomic E-state index is 13.8. The minimum atomic E-state index is -1.02. The van der Waals surface area contributed by atoms with Gasteiger partial charge in [0, 0.05) is 12.5 Å². The lowest BCUT2D eigenvalue weighted by molar-refractivity contribution is -0.122. The van der Waals surface area contributed by atoms with Crippen LogP contribution in [-0.4, -0.2) is 24.4 Å². The number of nitrogens with zero attached hydrogens (tertiary/aromatic N) is 1. The summed E-state index contributed by atoms with van der Waals surface area (Å²) in [6.07, 6.45) is 0.160. The smallest absolute Gasteiger partial charge is 0.254 e. The molecule has 0 spiro atoms. The van der Waals surface area contributed by atoms with Gasteiger partial charge < -0.3 is 10.6 Å². The number of aryl methyl sites for hydroxylation is 1. The number of rotatable bonds is 6. The topological polar surface area (TPSA) is 82.0 Å². The minimum Gasteiger partial charge on any atom is -0.341 e. The van der Waals surface area contributed by atoms with E-state index in [1.807, 2.05) is 25.1 Å². The van der Waals surface area contributed by atoms with Gasteiger partial charge in [-0.05, 0) is 24.6 Å². The highest BCUT2D eigenvalue weighted by molar-refractivity contribution is 5.97. The second-order valence-corrected chi connectivity index (χ2v) is 5.72. The van der Waals surface area contributed by atoms with E-state index in [9.17, 15) is 18.4 Å². The van der Waals surface area contributed by atoms with Crippen molar-refractivity contribution >= 4 is 11.8 Å². The zero-order valence-electron chi connectivity index (χ0n) is 14.1. The summed E-state index contributed by atoms with van der Waals surface area (Å²) in [5, 5.41) is 13.4. The Bertz CT molecular complexity index is 862. The van der Waals surface area contributed by atoms with Crippen molar-refractivity contribution < 1.29 is 18.4 Å². The van der Waals surface area contributed by atoms with Crippen molar-refractivity contribution in [3.05, 3.63) is 70.8 Å². The fourth-order valence-electron chi connectivity index (χ4n) is 2.44. The van der Waals surface area contributed by atoms with Crippen LogP contribution in [0.1, 0.15) is 21.5 Å². The number of nitriles is 1. The molecule has 0 saturated carbocycles. The standard InChI is InChI=1S/C19H17F2N3O2/c1-12-3-2-4-13(9-12)10-17(19(26)23-8-7-22)24-18(25)15-6-5-14(20)11-16(15)21/h2-6,9,11,17H,8,10H2,1H3,(H,23,26)(H,24,25)/t17-/m0/s1. The maximum absolute atomic E-state index is 13.8. The molecule has 134 valence electrons. The highest BCUT2D eigenvalue weighted by Crippen LogP contribution is 2.11. The van der Waals surface area contributed by atoms with Gasteiger partial charge in [-0.1, -0.05) is 29.8 Å². The Kier molecular flexibility index (Phi) is 6.39. The molecule has 7 heteroatoms. The molecule has 0 saturated heterocycles. The molecular formula is C19H17F2N3O2. The van der Waals surface area contributed by atoms with E-state index >= 15 is 0 Å². The quantitative estimate of drug-likeness (QED) is 0.778. The first-order chi connectivity index (χ1) is 12.4. The molecule has 2 amide bonds. The second-order valence-electron chi connectivity index (χ2n) is 5.72. The van der Waals surface area contributed by atoms with Gasteiger partial charge in [-0.25, -0.2) is 8.78 Å². The lowest BCUT2D eigenvalue weighted by atomic mass is 10.0. The zero-order valence-corrected chi connectivity index (χ0v) is 14.1. The van der Waals surface area contributed by atoms with E-state index in [4.69, 9.17) is 5.26 Å². The summed E-state index contributed by atoms with van der Waals surface area (Å²) >= 11 is 0. The molecule has 0 aliphatic carbocycles. The lowest BCUT2D eigenvalue weighted by Crippen LogP contribution is -2.48. The number of carbonyl (C=O) groups excluding carboxylic acids is 2. The van der Waals surface area contributed by atoms with E-state index in [0.29, 0.717) is 6.07 Å². The van der Waals surface area contributed by atoms with Gasteiger partial charge in [0.1, 0.15) is 24.2 Å². The van der Waals surface area contributed by atoms with Gasteiger partial charge in [-0.15, -0.1) is 0 Å². The van der Waals surface area contributed by atoms with Crippen molar-refractivity contribution in [2.24, 2.45) is 0 Å². The van der Waals surface area contributed by atoms with E-state index in [-0.39, 0.29) is 18.5 Å². The molecule has 2 rings (SSSR count). The molecule has 0 unspecified atom stereocenters. The average molecular weight is 357 g/mol. The molecule has 0 aliphatic rings. The molecule has 0 fully saturated rings. The van der Waals surface area contributed by atoms with Crippen LogP contribution in [0.5, 0.6) is 0 Å². The van der Waals surface area contributed by atoms with Crippen molar-refractivity contribution in [1.29, 1.82) is 5.26 Å². The molecule has 0 bridgehead atoms. The summed E-state index contributed by atoms with van der Waals surface area (Å²) < 4.78 is 26.8. The highest BCUT2D eigenvalue weighted by Gasteiger charge is 2.23. The first-order valence-electron chi connectivity index (χ1n) is 7.87. The van der Waals surface area contributed by atoms with Crippen LogP contribution in [0.4, 0.5) is 8.78 Å². The van der Waals surface area contributed by atoms with Crippen molar-refractivity contribution in [3.8, 4) is 6.07 Å². The largest absolute Gasteiger partial charge is 0.341 e. The Morgan fingerprint density at radius 1 is 1.19 bits per heavy atom. The zero-order chi connectivity index (χ0) is 19.1. The first kappa shape index (κ1) is 19.1. The Morgan fingerprint density at radius 3 is 2.62 bits per heavy atom. The van der Waals surface area contributed by atoms with E-state index in [1.165, 1.54) is 0 Å². The van der Waals surface area contributed by atoms with Crippen LogP contribution in [0, 0.1) is 29.9 Å². The van der Waals surface area contributed by atoms with Crippen LogP contribution < -0.4 is 10.6 Å². The monoisotopic (exact) mass is 357 g/mol. The summed E-state index contributed by atoms with van der Waals surface area (Å²) in [7, 11) is 0. The maximum Gasteiger partial charge on any atom is 0.254 e. The predicted molar refractivity (Wildman–Crippen MR) is 91.1 cm³/mol. The van der Waals surface area contributed by atoms with E-state index < -0.39 is 29.5 Å². The number of carbonyl (C=O) groups is 2. The van der Waals surface area contributed by atoms with Gasteiger partial charge in [-0.2, -0.15) is 5.26 Å². The number of hydrogen-bond acceptors (Lipinski definition) is 3. The molecule has 5 nitrogen and oxygen atoms in total. The van der Waals surface area contributed by atoms with Crippen LogP contribution in [0.3, 0.4) is 0 Å². The van der Waals surface area contributed by atoms with Gasteiger partial charge in [0.25, 0.3) is 5.91 Å². The van der Waals surface area contributed by atoms with Crippen LogP contribution in [0.2, 0.25) is 0 Å². The molecule has 2 N–H and O–H groups in total. The average Bonchev–Trinajstić information content (AvgIpc) is 2.59. The number of hydrogen-bond donors (Lipinski definition) is 2. The molecule has 0 heterocycles. The molecule has 0 aliphatic heterocycles. The van der Waals surface area contributed by atoms with Crippen molar-refractivity contribution in [1.82, 2.24) is 10.6 Å². The fourth-order valence-corrected chi connectivity index (χ4v) is 2.44. The summed E-state index contributed by atoms with van der Waals surface area (Å²) in [5.74, 6) is -3.23. The van der Waals surface area contributed by atoms with Gasteiger partial charge in [0.15, 0.2) is 0 Å². The van der Waals surface area contributed by atoms with Gasteiger partial charge in [-0.3, -0.25) is 9.59 Å². The number of benzene rings is 2. The Balaban J connectivity index is 2.21. The highest BCUT2D eigenvalue weighted by atomic mass is 19.1. The molecular weight excluding hydrogens is 340 g/mol.